The van der Waals surface area contributed by atoms with E-state index >= 15 is 0 Å². The summed E-state index contributed by atoms with van der Waals surface area (Å²) >= 11 is 0. The van der Waals surface area contributed by atoms with Crippen molar-refractivity contribution in [3.05, 3.63) is 59.9 Å². The summed E-state index contributed by atoms with van der Waals surface area (Å²) in [6.07, 6.45) is 3.91. The van der Waals surface area contributed by atoms with Crippen molar-refractivity contribution in [1.29, 1.82) is 0 Å². The van der Waals surface area contributed by atoms with Gasteiger partial charge in [-0.05, 0) is 54.5 Å². The summed E-state index contributed by atoms with van der Waals surface area (Å²) in [6.45, 7) is 2.48. The minimum absolute atomic E-state index is 0.131. The van der Waals surface area contributed by atoms with Crippen LogP contribution in [-0.4, -0.2) is 44.0 Å². The predicted octanol–water partition coefficient (Wildman–Crippen LogP) is 3.73. The lowest BCUT2D eigenvalue weighted by Gasteiger charge is -2.15. The summed E-state index contributed by atoms with van der Waals surface area (Å²) in [6, 6.07) is 10.8. The van der Waals surface area contributed by atoms with Crippen molar-refractivity contribution in [1.82, 2.24) is 4.90 Å². The molecule has 154 valence electrons. The number of halogens is 1. The Labute approximate surface area is 169 Å². The molecule has 7 heteroatoms. The van der Waals surface area contributed by atoms with Crippen molar-refractivity contribution >= 4 is 23.6 Å². The molecule has 0 bridgehead atoms. The topological polar surface area (TPSA) is 67.9 Å². The first-order valence-electron chi connectivity index (χ1n) is 9.22. The molecule has 0 fully saturated rings. The molecule has 0 atom stereocenters. The summed E-state index contributed by atoms with van der Waals surface area (Å²) in [4.78, 5) is 25.6. The highest BCUT2D eigenvalue weighted by atomic mass is 19.1. The molecule has 2 rings (SSSR count). The number of carbonyl (C=O) groups excluding carboxylic acids is 2. The molecule has 0 spiro atoms. The van der Waals surface area contributed by atoms with Crippen LogP contribution in [0.15, 0.2) is 48.5 Å². The van der Waals surface area contributed by atoms with Crippen LogP contribution in [0.5, 0.6) is 11.5 Å². The number of anilines is 1. The molecule has 0 heterocycles. The number of nitrogens with one attached hydrogen (secondary N) is 1. The van der Waals surface area contributed by atoms with E-state index in [1.54, 1.807) is 25.3 Å². The van der Waals surface area contributed by atoms with E-state index in [0.717, 1.165) is 12.0 Å². The van der Waals surface area contributed by atoms with Gasteiger partial charge in [-0.3, -0.25) is 9.59 Å². The van der Waals surface area contributed by atoms with Gasteiger partial charge in [0.2, 0.25) is 11.8 Å². The molecule has 0 aliphatic heterocycles. The summed E-state index contributed by atoms with van der Waals surface area (Å²) in [5.74, 6) is 0.138. The number of rotatable bonds is 9. The predicted molar refractivity (Wildman–Crippen MR) is 110 cm³/mol. The molecule has 29 heavy (non-hydrogen) atoms. The van der Waals surface area contributed by atoms with Crippen molar-refractivity contribution in [2.24, 2.45) is 0 Å². The zero-order chi connectivity index (χ0) is 21.2. The fourth-order valence-corrected chi connectivity index (χ4v) is 2.44. The largest absolute Gasteiger partial charge is 0.493 e. The zero-order valence-electron chi connectivity index (χ0n) is 16.8. The van der Waals surface area contributed by atoms with E-state index in [9.17, 15) is 14.0 Å². The van der Waals surface area contributed by atoms with Crippen LogP contribution >= 0.6 is 0 Å². The van der Waals surface area contributed by atoms with E-state index in [0.29, 0.717) is 23.8 Å². The van der Waals surface area contributed by atoms with Crippen molar-refractivity contribution in [3.63, 3.8) is 0 Å². The van der Waals surface area contributed by atoms with Gasteiger partial charge in [-0.1, -0.05) is 13.0 Å². The lowest BCUT2D eigenvalue weighted by atomic mass is 10.2. The van der Waals surface area contributed by atoms with E-state index in [4.69, 9.17) is 9.47 Å². The quantitative estimate of drug-likeness (QED) is 0.652. The first-order chi connectivity index (χ1) is 13.9. The monoisotopic (exact) mass is 400 g/mol. The molecule has 2 aromatic rings. The number of ether oxygens (including phenoxy) is 2. The lowest BCUT2D eigenvalue weighted by Crippen LogP contribution is -2.33. The van der Waals surface area contributed by atoms with Crippen LogP contribution in [-0.2, 0) is 9.59 Å². The Morgan fingerprint density at radius 3 is 2.52 bits per heavy atom. The fraction of sp³-hybridized carbons (Fsp3) is 0.273. The van der Waals surface area contributed by atoms with Gasteiger partial charge in [0.05, 0.1) is 20.3 Å². The summed E-state index contributed by atoms with van der Waals surface area (Å²) in [5.41, 5.74) is 1.23. The Morgan fingerprint density at radius 2 is 1.86 bits per heavy atom. The number of benzene rings is 2. The number of hydrogen-bond acceptors (Lipinski definition) is 4. The molecule has 0 aromatic heterocycles. The third kappa shape index (κ3) is 6.95. The highest BCUT2D eigenvalue weighted by molar-refractivity contribution is 5.97. The third-order valence-electron chi connectivity index (χ3n) is 3.95. The number of likely N-dealkylation sites (N-methyl/N-ethyl adjacent to an activating group) is 1. The molecule has 0 saturated carbocycles. The Bertz CT molecular complexity index is 866. The van der Waals surface area contributed by atoms with E-state index < -0.39 is 0 Å². The number of methoxy groups -OCH3 is 1. The van der Waals surface area contributed by atoms with E-state index in [-0.39, 0.29) is 24.2 Å². The summed E-state index contributed by atoms with van der Waals surface area (Å²) in [5, 5.41) is 2.61. The lowest BCUT2D eigenvalue weighted by molar-refractivity contribution is -0.129. The average molecular weight is 400 g/mol. The highest BCUT2D eigenvalue weighted by Gasteiger charge is 2.11. The first-order valence-corrected chi connectivity index (χ1v) is 9.22. The molecule has 2 amide bonds. The van der Waals surface area contributed by atoms with Gasteiger partial charge >= 0.3 is 0 Å². The normalized spacial score (nSPS) is 10.6. The van der Waals surface area contributed by atoms with Crippen molar-refractivity contribution in [3.8, 4) is 11.5 Å². The molecule has 0 saturated heterocycles. The highest BCUT2D eigenvalue weighted by Crippen LogP contribution is 2.28. The van der Waals surface area contributed by atoms with Crippen molar-refractivity contribution < 1.29 is 23.5 Å². The summed E-state index contributed by atoms with van der Waals surface area (Å²) in [7, 11) is 3.08. The molecule has 2 aromatic carbocycles. The number of hydrogen-bond donors (Lipinski definition) is 1. The fourth-order valence-electron chi connectivity index (χ4n) is 2.44. The van der Waals surface area contributed by atoms with Gasteiger partial charge in [-0.2, -0.15) is 0 Å². The van der Waals surface area contributed by atoms with Crippen LogP contribution in [0.1, 0.15) is 18.9 Å². The second-order valence-electron chi connectivity index (χ2n) is 6.34. The third-order valence-corrected chi connectivity index (χ3v) is 3.95. The van der Waals surface area contributed by atoms with E-state index in [2.05, 4.69) is 5.32 Å². The summed E-state index contributed by atoms with van der Waals surface area (Å²) < 4.78 is 23.8. The molecule has 6 nitrogen and oxygen atoms in total. The van der Waals surface area contributed by atoms with Crippen LogP contribution < -0.4 is 14.8 Å². The van der Waals surface area contributed by atoms with Gasteiger partial charge in [0.25, 0.3) is 0 Å². The maximum absolute atomic E-state index is 12.9. The molecule has 0 radical (unpaired) electrons. The van der Waals surface area contributed by atoms with Crippen molar-refractivity contribution in [2.45, 2.75) is 13.3 Å². The number of amides is 2. The smallest absolute Gasteiger partial charge is 0.246 e. The Hall–Kier alpha value is -3.35. The maximum atomic E-state index is 12.9. The van der Waals surface area contributed by atoms with Crippen LogP contribution in [0.3, 0.4) is 0 Å². The van der Waals surface area contributed by atoms with Gasteiger partial charge in [-0.15, -0.1) is 0 Å². The van der Waals surface area contributed by atoms with E-state index in [1.165, 1.54) is 42.3 Å². The van der Waals surface area contributed by atoms with Gasteiger partial charge in [0.1, 0.15) is 5.82 Å². The second-order valence-corrected chi connectivity index (χ2v) is 6.34. The SMILES string of the molecule is CCCOc1ccc(/C=C/C(=O)N(C)CC(=O)Nc2ccc(F)cc2)cc1OC. The molecular weight excluding hydrogens is 375 g/mol. The maximum Gasteiger partial charge on any atom is 0.246 e. The minimum atomic E-state index is -0.387. The minimum Gasteiger partial charge on any atom is -0.493 e. The molecule has 0 aliphatic rings. The second kappa shape index (κ2) is 10.8. The molecule has 1 N–H and O–H groups in total. The Kier molecular flexibility index (Phi) is 8.21. The average Bonchev–Trinajstić information content (AvgIpc) is 2.72. The first kappa shape index (κ1) is 21.9. The number of nitrogens with zero attached hydrogens (tertiary/aromatic N) is 1. The molecular formula is C22H25FN2O4. The van der Waals surface area contributed by atoms with Gasteiger partial charge in [0.15, 0.2) is 11.5 Å². The van der Waals surface area contributed by atoms with Crippen LogP contribution in [0.2, 0.25) is 0 Å². The molecule has 0 unspecified atom stereocenters. The molecule has 0 aliphatic carbocycles. The van der Waals surface area contributed by atoms with Crippen LogP contribution in [0.4, 0.5) is 10.1 Å². The van der Waals surface area contributed by atoms with Gasteiger partial charge in [-0.25, -0.2) is 4.39 Å². The van der Waals surface area contributed by atoms with Gasteiger partial charge in [0, 0.05) is 18.8 Å². The Morgan fingerprint density at radius 1 is 1.14 bits per heavy atom. The van der Waals surface area contributed by atoms with Crippen molar-refractivity contribution in [2.75, 3.05) is 32.6 Å². The zero-order valence-corrected chi connectivity index (χ0v) is 16.8. The Balaban J connectivity index is 1.93. The van der Waals surface area contributed by atoms with Crippen LogP contribution in [0, 0.1) is 5.82 Å². The van der Waals surface area contributed by atoms with E-state index in [1.807, 2.05) is 13.0 Å². The van der Waals surface area contributed by atoms with Crippen LogP contribution in [0.25, 0.3) is 6.08 Å². The standard InChI is InChI=1S/C22H25FN2O4/c1-4-13-29-19-11-5-16(14-20(19)28-3)6-12-22(27)25(2)15-21(26)24-18-9-7-17(23)8-10-18/h5-12,14H,4,13,15H2,1-3H3,(H,24,26)/b12-6+. The number of carbonyl (C=O) groups is 2. The van der Waals surface area contributed by atoms with Gasteiger partial charge < -0.3 is 19.7 Å².